The van der Waals surface area contributed by atoms with E-state index in [2.05, 4.69) is 4.90 Å². The highest BCUT2D eigenvalue weighted by atomic mass is 19.4. The molecule has 1 aliphatic carbocycles. The Morgan fingerprint density at radius 2 is 1.63 bits per heavy atom. The zero-order valence-corrected chi connectivity index (χ0v) is 16.2. The third-order valence-corrected chi connectivity index (χ3v) is 6.75. The summed E-state index contributed by atoms with van der Waals surface area (Å²) >= 11 is 0. The lowest BCUT2D eigenvalue weighted by Gasteiger charge is -2.50. The van der Waals surface area contributed by atoms with E-state index in [1.165, 1.54) is 12.1 Å². The minimum absolute atomic E-state index is 0.0169. The average Bonchev–Trinajstić information content (AvgIpc) is 3.01. The molecule has 7 heteroatoms. The summed E-state index contributed by atoms with van der Waals surface area (Å²) in [5.74, 6) is -1.58. The molecule has 2 amide bonds. The number of benzene rings is 2. The van der Waals surface area contributed by atoms with Gasteiger partial charge < -0.3 is 0 Å². The van der Waals surface area contributed by atoms with Crippen LogP contribution in [0.2, 0.25) is 0 Å². The molecular weight excluding hydrogens is 393 g/mol. The van der Waals surface area contributed by atoms with Crippen molar-refractivity contribution in [2.45, 2.75) is 31.6 Å². The molecule has 4 fully saturated rings. The van der Waals surface area contributed by atoms with Crippen molar-refractivity contribution in [3.8, 4) is 0 Å². The highest BCUT2D eigenvalue weighted by Gasteiger charge is 2.60. The molecular formula is C23H21F3N2O2. The van der Waals surface area contributed by atoms with Crippen molar-refractivity contribution >= 4 is 17.5 Å². The first kappa shape index (κ1) is 19.3. The van der Waals surface area contributed by atoms with Gasteiger partial charge in [0.1, 0.15) is 0 Å². The van der Waals surface area contributed by atoms with Gasteiger partial charge in [-0.15, -0.1) is 0 Å². The molecule has 0 radical (unpaired) electrons. The Bertz CT molecular complexity index is 991. The van der Waals surface area contributed by atoms with E-state index in [1.807, 2.05) is 30.3 Å². The second kappa shape index (κ2) is 6.94. The Hall–Kier alpha value is -2.67. The van der Waals surface area contributed by atoms with Gasteiger partial charge in [-0.1, -0.05) is 36.4 Å². The third kappa shape index (κ3) is 3.03. The maximum atomic E-state index is 13.3. The number of anilines is 1. The Morgan fingerprint density at radius 3 is 2.37 bits per heavy atom. The number of imide groups is 1. The van der Waals surface area contributed by atoms with Crippen LogP contribution in [0.3, 0.4) is 0 Å². The number of nitrogens with zero attached hydrogens (tertiary/aromatic N) is 2. The third-order valence-electron chi connectivity index (χ3n) is 6.75. The summed E-state index contributed by atoms with van der Waals surface area (Å²) in [6, 6.07) is 14.4. The molecule has 0 N–H and O–H groups in total. The van der Waals surface area contributed by atoms with Gasteiger partial charge in [0.2, 0.25) is 11.8 Å². The number of hydrogen-bond acceptors (Lipinski definition) is 3. The van der Waals surface area contributed by atoms with Gasteiger partial charge in [-0.05, 0) is 42.5 Å². The summed E-state index contributed by atoms with van der Waals surface area (Å²) in [5.41, 5.74) is 0.306. The summed E-state index contributed by atoms with van der Waals surface area (Å²) in [6.45, 7) is 1.44. The molecule has 3 saturated heterocycles. The monoisotopic (exact) mass is 414 g/mol. The first-order valence-electron chi connectivity index (χ1n) is 10.2. The van der Waals surface area contributed by atoms with Gasteiger partial charge in [-0.25, -0.2) is 4.90 Å². The van der Waals surface area contributed by atoms with Crippen LogP contribution in [0.25, 0.3) is 0 Å². The molecule has 4 aliphatic rings. The minimum atomic E-state index is -4.53. The molecule has 156 valence electrons. The van der Waals surface area contributed by atoms with Crippen LogP contribution in [-0.2, 0) is 22.3 Å². The molecule has 0 spiro atoms. The quantitative estimate of drug-likeness (QED) is 0.710. The summed E-state index contributed by atoms with van der Waals surface area (Å²) in [7, 11) is 0. The molecule has 2 aromatic carbocycles. The molecule has 6 rings (SSSR count). The molecule has 3 heterocycles. The number of rotatable bonds is 3. The van der Waals surface area contributed by atoms with Crippen molar-refractivity contribution in [3.63, 3.8) is 0 Å². The van der Waals surface area contributed by atoms with Crippen molar-refractivity contribution < 1.29 is 22.8 Å². The number of alkyl halides is 3. The van der Waals surface area contributed by atoms with Gasteiger partial charge in [0.25, 0.3) is 0 Å². The van der Waals surface area contributed by atoms with E-state index >= 15 is 0 Å². The Labute approximate surface area is 172 Å². The molecule has 3 aliphatic heterocycles. The number of hydrogen-bond donors (Lipinski definition) is 0. The summed E-state index contributed by atoms with van der Waals surface area (Å²) in [4.78, 5) is 29.7. The van der Waals surface area contributed by atoms with E-state index in [4.69, 9.17) is 0 Å². The predicted octanol–water partition coefficient (Wildman–Crippen LogP) is 4.11. The van der Waals surface area contributed by atoms with Crippen molar-refractivity contribution in [1.82, 2.24) is 4.90 Å². The second-order valence-corrected chi connectivity index (χ2v) is 8.43. The van der Waals surface area contributed by atoms with Crippen molar-refractivity contribution in [2.24, 2.45) is 17.8 Å². The lowest BCUT2D eigenvalue weighted by Crippen LogP contribution is -2.58. The van der Waals surface area contributed by atoms with Crippen LogP contribution in [0.15, 0.2) is 54.6 Å². The Morgan fingerprint density at radius 1 is 0.900 bits per heavy atom. The van der Waals surface area contributed by atoms with Crippen molar-refractivity contribution in [3.05, 3.63) is 65.7 Å². The van der Waals surface area contributed by atoms with E-state index in [1.54, 1.807) is 0 Å². The maximum Gasteiger partial charge on any atom is 0.416 e. The molecule has 30 heavy (non-hydrogen) atoms. The Kier molecular flexibility index (Phi) is 4.47. The normalized spacial score (nSPS) is 28.8. The zero-order valence-electron chi connectivity index (χ0n) is 16.2. The molecule has 0 aromatic heterocycles. The van der Waals surface area contributed by atoms with Crippen LogP contribution in [-0.4, -0.2) is 29.3 Å². The fourth-order valence-electron chi connectivity index (χ4n) is 5.48. The van der Waals surface area contributed by atoms with E-state index < -0.39 is 23.6 Å². The van der Waals surface area contributed by atoms with Gasteiger partial charge in [0, 0.05) is 19.1 Å². The average molecular weight is 414 g/mol. The molecule has 0 unspecified atom stereocenters. The number of carbonyl (C=O) groups excluding carboxylic acids is 2. The molecule has 2 aromatic rings. The van der Waals surface area contributed by atoms with E-state index in [9.17, 15) is 22.8 Å². The Balaban J connectivity index is 1.45. The van der Waals surface area contributed by atoms with Crippen LogP contribution in [0.4, 0.5) is 18.9 Å². The first-order chi connectivity index (χ1) is 14.3. The number of carbonyl (C=O) groups is 2. The minimum Gasteiger partial charge on any atom is -0.295 e. The predicted molar refractivity (Wildman–Crippen MR) is 104 cm³/mol. The van der Waals surface area contributed by atoms with Crippen LogP contribution in [0.5, 0.6) is 0 Å². The van der Waals surface area contributed by atoms with Gasteiger partial charge in [0.05, 0.1) is 23.1 Å². The maximum absolute atomic E-state index is 13.3. The summed E-state index contributed by atoms with van der Waals surface area (Å²) < 4.78 is 39.4. The first-order valence-corrected chi connectivity index (χ1v) is 10.2. The largest absolute Gasteiger partial charge is 0.416 e. The topological polar surface area (TPSA) is 40.6 Å². The van der Waals surface area contributed by atoms with Crippen LogP contribution in [0, 0.1) is 17.8 Å². The lowest BCUT2D eigenvalue weighted by atomic mass is 9.66. The molecule has 4 atom stereocenters. The van der Waals surface area contributed by atoms with Crippen LogP contribution < -0.4 is 4.90 Å². The van der Waals surface area contributed by atoms with Gasteiger partial charge >= 0.3 is 6.18 Å². The fraction of sp³-hybridized carbons (Fsp3) is 0.391. The van der Waals surface area contributed by atoms with E-state index in [0.29, 0.717) is 6.54 Å². The lowest BCUT2D eigenvalue weighted by molar-refractivity contribution is -0.137. The van der Waals surface area contributed by atoms with Gasteiger partial charge in [0.15, 0.2) is 0 Å². The van der Waals surface area contributed by atoms with E-state index in [-0.39, 0.29) is 29.5 Å². The fourth-order valence-corrected chi connectivity index (χ4v) is 5.48. The number of amides is 2. The van der Waals surface area contributed by atoms with Crippen LogP contribution >= 0.6 is 0 Å². The number of halogens is 3. The second-order valence-electron chi connectivity index (χ2n) is 8.43. The molecule has 4 nitrogen and oxygen atoms in total. The van der Waals surface area contributed by atoms with Gasteiger partial charge in [-0.2, -0.15) is 13.2 Å². The SMILES string of the molecule is O=C1[C@@H]2[C@H]3CC[C@@H]([C@@H]2C(=O)N1c1cccc(C(F)(F)F)c1)N(Cc1ccccc1)C3. The summed E-state index contributed by atoms with van der Waals surface area (Å²) in [5, 5.41) is 0. The van der Waals surface area contributed by atoms with Crippen molar-refractivity contribution in [1.29, 1.82) is 0 Å². The smallest absolute Gasteiger partial charge is 0.295 e. The highest BCUT2D eigenvalue weighted by molar-refractivity contribution is 6.22. The zero-order chi connectivity index (χ0) is 21.0. The summed E-state index contributed by atoms with van der Waals surface area (Å²) in [6.07, 6.45) is -2.83. The van der Waals surface area contributed by atoms with Crippen molar-refractivity contribution in [2.75, 3.05) is 11.4 Å². The highest BCUT2D eigenvalue weighted by Crippen LogP contribution is 2.49. The number of piperidine rings is 2. The van der Waals surface area contributed by atoms with E-state index in [0.717, 1.165) is 42.0 Å². The van der Waals surface area contributed by atoms with Crippen LogP contribution in [0.1, 0.15) is 24.0 Å². The van der Waals surface area contributed by atoms with Gasteiger partial charge in [-0.3, -0.25) is 14.5 Å². The number of fused-ring (bicyclic) bond motifs is 2. The molecule has 2 bridgehead atoms. The standard InChI is InChI=1S/C23H21F3N2O2/c24-23(25,26)16-7-4-8-17(11-16)28-21(29)19-15-9-10-18(20(19)22(28)30)27(13-15)12-14-5-2-1-3-6-14/h1-8,11,15,18-20H,9-10,12-13H2/t15-,18-,19+,20-/m0/s1. The molecule has 1 saturated carbocycles.